The molecule has 5 rings (SSSR count). The summed E-state index contributed by atoms with van der Waals surface area (Å²) < 4.78 is 10.9. The number of aromatic nitrogens is 2. The first-order valence-electron chi connectivity index (χ1n) is 12.1. The summed E-state index contributed by atoms with van der Waals surface area (Å²) >= 11 is 0. The number of benzene rings is 2. The van der Waals surface area contributed by atoms with Crippen LogP contribution in [-0.2, 0) is 16.0 Å². The van der Waals surface area contributed by atoms with E-state index >= 15 is 0 Å². The maximum atomic E-state index is 14.1. The lowest BCUT2D eigenvalue weighted by molar-refractivity contribution is -0.149. The third-order valence-corrected chi connectivity index (χ3v) is 7.17. The summed E-state index contributed by atoms with van der Waals surface area (Å²) in [6.45, 7) is 2.03. The quantitative estimate of drug-likeness (QED) is 0.529. The topological polar surface area (TPSA) is 64.5 Å². The molecular weight excluding hydrogens is 426 g/mol. The van der Waals surface area contributed by atoms with Crippen molar-refractivity contribution in [2.75, 3.05) is 26.9 Å². The first-order valence-corrected chi connectivity index (χ1v) is 12.1. The van der Waals surface area contributed by atoms with Gasteiger partial charge in [0.15, 0.2) is 5.82 Å². The zero-order valence-corrected chi connectivity index (χ0v) is 19.7. The van der Waals surface area contributed by atoms with Crippen molar-refractivity contribution in [2.24, 2.45) is 5.41 Å². The average Bonchev–Trinajstić information content (AvgIpc) is 3.39. The van der Waals surface area contributed by atoms with E-state index in [2.05, 4.69) is 22.0 Å². The van der Waals surface area contributed by atoms with Crippen molar-refractivity contribution < 1.29 is 14.3 Å². The molecular formula is C28H31N3O3. The SMILES string of the molecule is COc1ccc(-c2nccc(C3CCCN3C(=O)C3(Cc4ccccc4)CCOCC3)n2)cc1. The molecule has 3 aromatic rings. The van der Waals surface area contributed by atoms with E-state index in [-0.39, 0.29) is 11.9 Å². The molecule has 2 saturated heterocycles. The zero-order chi connectivity index (χ0) is 23.4. The maximum absolute atomic E-state index is 14.1. The van der Waals surface area contributed by atoms with E-state index in [9.17, 15) is 4.79 Å². The number of likely N-dealkylation sites (tertiary alicyclic amines) is 1. The van der Waals surface area contributed by atoms with Crippen LogP contribution in [0.1, 0.15) is 43.0 Å². The first-order chi connectivity index (χ1) is 16.7. The van der Waals surface area contributed by atoms with Crippen LogP contribution in [0.4, 0.5) is 0 Å². The van der Waals surface area contributed by atoms with Crippen molar-refractivity contribution >= 4 is 5.91 Å². The predicted molar refractivity (Wildman–Crippen MR) is 130 cm³/mol. The van der Waals surface area contributed by atoms with Gasteiger partial charge in [0, 0.05) is 31.5 Å². The molecule has 0 aliphatic carbocycles. The molecule has 6 heteroatoms. The van der Waals surface area contributed by atoms with E-state index in [4.69, 9.17) is 14.5 Å². The molecule has 34 heavy (non-hydrogen) atoms. The van der Waals surface area contributed by atoms with E-state index in [1.165, 1.54) is 5.56 Å². The fourth-order valence-electron chi connectivity index (χ4n) is 5.27. The van der Waals surface area contributed by atoms with Crippen LogP contribution in [0.15, 0.2) is 66.9 Å². The highest BCUT2D eigenvalue weighted by atomic mass is 16.5. The molecule has 1 amide bonds. The average molecular weight is 458 g/mol. The van der Waals surface area contributed by atoms with Crippen LogP contribution < -0.4 is 4.74 Å². The Morgan fingerprint density at radius 3 is 2.59 bits per heavy atom. The van der Waals surface area contributed by atoms with E-state index < -0.39 is 5.41 Å². The minimum Gasteiger partial charge on any atom is -0.497 e. The molecule has 0 saturated carbocycles. The van der Waals surface area contributed by atoms with Crippen LogP contribution >= 0.6 is 0 Å². The normalized spacial score (nSPS) is 19.7. The number of ether oxygens (including phenoxy) is 2. The summed E-state index contributed by atoms with van der Waals surface area (Å²) in [5.74, 6) is 1.71. The Labute approximate surface area is 201 Å². The van der Waals surface area contributed by atoms with Gasteiger partial charge in [0.1, 0.15) is 5.75 Å². The van der Waals surface area contributed by atoms with Gasteiger partial charge in [0.25, 0.3) is 0 Å². The van der Waals surface area contributed by atoms with Crippen molar-refractivity contribution in [3.05, 3.63) is 78.1 Å². The number of hydrogen-bond acceptors (Lipinski definition) is 5. The van der Waals surface area contributed by atoms with Gasteiger partial charge in [-0.25, -0.2) is 9.97 Å². The molecule has 2 aliphatic rings. The Hall–Kier alpha value is -3.25. The Kier molecular flexibility index (Phi) is 6.59. The molecule has 0 radical (unpaired) electrons. The molecule has 2 fully saturated rings. The molecule has 0 N–H and O–H groups in total. The van der Waals surface area contributed by atoms with E-state index in [0.29, 0.717) is 19.0 Å². The van der Waals surface area contributed by atoms with Gasteiger partial charge >= 0.3 is 0 Å². The standard InChI is InChI=1S/C28H31N3O3/c1-33-23-11-9-22(10-12-23)26-29-16-13-24(30-26)25-8-5-17-31(25)27(32)28(14-18-34-19-15-28)20-21-6-3-2-4-7-21/h2-4,6-7,9-13,16,25H,5,8,14-15,17-20H2,1H3. The van der Waals surface area contributed by atoms with Crippen LogP contribution in [0, 0.1) is 5.41 Å². The summed E-state index contributed by atoms with van der Waals surface area (Å²) in [5.41, 5.74) is 2.63. The lowest BCUT2D eigenvalue weighted by atomic mass is 9.74. The van der Waals surface area contributed by atoms with Gasteiger partial charge in [-0.05, 0) is 68.0 Å². The summed E-state index contributed by atoms with van der Waals surface area (Å²) in [6.07, 6.45) is 5.96. The number of rotatable bonds is 6. The van der Waals surface area contributed by atoms with Gasteiger partial charge in [-0.1, -0.05) is 30.3 Å². The van der Waals surface area contributed by atoms with Gasteiger partial charge < -0.3 is 14.4 Å². The molecule has 2 aromatic carbocycles. The highest BCUT2D eigenvalue weighted by Crippen LogP contribution is 2.41. The fourth-order valence-corrected chi connectivity index (χ4v) is 5.27. The second-order valence-electron chi connectivity index (χ2n) is 9.25. The van der Waals surface area contributed by atoms with Crippen LogP contribution in [0.3, 0.4) is 0 Å². The molecule has 0 bridgehead atoms. The monoisotopic (exact) mass is 457 g/mol. The van der Waals surface area contributed by atoms with Crippen molar-refractivity contribution in [1.29, 1.82) is 0 Å². The van der Waals surface area contributed by atoms with Gasteiger partial charge in [0.05, 0.1) is 24.3 Å². The van der Waals surface area contributed by atoms with Crippen LogP contribution in [-0.4, -0.2) is 47.6 Å². The molecule has 1 atom stereocenters. The third kappa shape index (κ3) is 4.55. The maximum Gasteiger partial charge on any atom is 0.229 e. The molecule has 3 heterocycles. The summed E-state index contributed by atoms with van der Waals surface area (Å²) in [4.78, 5) is 25.6. The largest absolute Gasteiger partial charge is 0.497 e. The van der Waals surface area contributed by atoms with E-state index in [0.717, 1.165) is 55.7 Å². The van der Waals surface area contributed by atoms with E-state index in [1.807, 2.05) is 48.5 Å². The third-order valence-electron chi connectivity index (χ3n) is 7.17. The predicted octanol–water partition coefficient (Wildman–Crippen LogP) is 4.86. The Morgan fingerprint density at radius 2 is 1.85 bits per heavy atom. The van der Waals surface area contributed by atoms with Crippen molar-refractivity contribution in [2.45, 2.75) is 38.1 Å². The van der Waals surface area contributed by atoms with Crippen LogP contribution in [0.25, 0.3) is 11.4 Å². The summed E-state index contributed by atoms with van der Waals surface area (Å²) in [7, 11) is 1.65. The smallest absolute Gasteiger partial charge is 0.229 e. The lowest BCUT2D eigenvalue weighted by Crippen LogP contribution is -2.48. The lowest BCUT2D eigenvalue weighted by Gasteiger charge is -2.40. The minimum absolute atomic E-state index is 0.0250. The first kappa shape index (κ1) is 22.5. The molecule has 0 spiro atoms. The Bertz CT molecular complexity index is 1110. The second-order valence-corrected chi connectivity index (χ2v) is 9.25. The van der Waals surface area contributed by atoms with Crippen molar-refractivity contribution in [3.8, 4) is 17.1 Å². The van der Waals surface area contributed by atoms with Gasteiger partial charge in [-0.3, -0.25) is 4.79 Å². The Balaban J connectivity index is 1.42. The number of carbonyl (C=O) groups is 1. The van der Waals surface area contributed by atoms with Gasteiger partial charge in [0.2, 0.25) is 5.91 Å². The molecule has 6 nitrogen and oxygen atoms in total. The second kappa shape index (κ2) is 9.94. The zero-order valence-electron chi connectivity index (χ0n) is 19.7. The van der Waals surface area contributed by atoms with Crippen LogP contribution in [0.2, 0.25) is 0 Å². The molecule has 176 valence electrons. The number of carbonyl (C=O) groups excluding carboxylic acids is 1. The van der Waals surface area contributed by atoms with Crippen molar-refractivity contribution in [1.82, 2.24) is 14.9 Å². The molecule has 1 unspecified atom stereocenters. The molecule has 2 aliphatic heterocycles. The number of amides is 1. The highest BCUT2D eigenvalue weighted by Gasteiger charge is 2.45. The number of hydrogen-bond donors (Lipinski definition) is 0. The van der Waals surface area contributed by atoms with E-state index in [1.54, 1.807) is 13.3 Å². The van der Waals surface area contributed by atoms with Crippen molar-refractivity contribution in [3.63, 3.8) is 0 Å². The van der Waals surface area contributed by atoms with Gasteiger partial charge in [-0.15, -0.1) is 0 Å². The highest BCUT2D eigenvalue weighted by molar-refractivity contribution is 5.84. The summed E-state index contributed by atoms with van der Waals surface area (Å²) in [6, 6.07) is 20.0. The van der Waals surface area contributed by atoms with Gasteiger partial charge in [-0.2, -0.15) is 0 Å². The fraction of sp³-hybridized carbons (Fsp3) is 0.393. The number of nitrogens with zero attached hydrogens (tertiary/aromatic N) is 3. The Morgan fingerprint density at radius 1 is 1.09 bits per heavy atom. The number of methoxy groups -OCH3 is 1. The summed E-state index contributed by atoms with van der Waals surface area (Å²) in [5, 5.41) is 0. The van der Waals surface area contributed by atoms with Crippen LogP contribution in [0.5, 0.6) is 5.75 Å². The minimum atomic E-state index is -0.423. The molecule has 1 aromatic heterocycles.